The monoisotopic (exact) mass is 242 g/mol. The molecule has 0 fully saturated rings. The number of ether oxygens (including phenoxy) is 1. The Balaban J connectivity index is 3.28. The third-order valence-electron chi connectivity index (χ3n) is 2.63. The number of carbonyl (C=O) groups is 1. The number of benzene rings is 1. The number of hydrogen-bond donors (Lipinski definition) is 2. The minimum Gasteiger partial charge on any atom is -0.504 e. The van der Waals surface area contributed by atoms with Gasteiger partial charge in [0.05, 0.1) is 13.5 Å². The largest absolute Gasteiger partial charge is 0.504 e. The number of carboxylic acids is 1. The highest BCUT2D eigenvalue weighted by Crippen LogP contribution is 2.40. The Labute approximate surface area is 98.7 Å². The number of aliphatic carboxylic acids is 1. The van der Waals surface area contributed by atoms with Crippen molar-refractivity contribution in [1.82, 2.24) is 0 Å². The molecule has 0 aliphatic rings. The van der Waals surface area contributed by atoms with Crippen LogP contribution < -0.4 is 4.74 Å². The van der Waals surface area contributed by atoms with E-state index in [2.05, 4.69) is 0 Å². The Bertz CT molecular complexity index is 443. The van der Waals surface area contributed by atoms with Gasteiger partial charge in [-0.3, -0.25) is 4.79 Å². The van der Waals surface area contributed by atoms with Crippen LogP contribution in [0.2, 0.25) is 0 Å². The van der Waals surface area contributed by atoms with Gasteiger partial charge in [-0.2, -0.15) is 0 Å². The molecule has 0 heterocycles. The lowest BCUT2D eigenvalue weighted by Crippen LogP contribution is -2.06. The zero-order valence-electron chi connectivity index (χ0n) is 9.95. The highest BCUT2D eigenvalue weighted by Gasteiger charge is 2.22. The lowest BCUT2D eigenvalue weighted by Gasteiger charge is -2.17. The topological polar surface area (TPSA) is 66.8 Å². The minimum atomic E-state index is -0.973. The number of carboxylic acid groups (broad SMARTS) is 1. The molecule has 2 N–H and O–H groups in total. The van der Waals surface area contributed by atoms with Crippen LogP contribution in [0.15, 0.2) is 6.07 Å². The van der Waals surface area contributed by atoms with Crippen LogP contribution in [0.4, 0.5) is 4.39 Å². The van der Waals surface area contributed by atoms with Gasteiger partial charge in [0.25, 0.3) is 0 Å². The predicted molar refractivity (Wildman–Crippen MR) is 60.0 cm³/mol. The van der Waals surface area contributed by atoms with Crippen molar-refractivity contribution in [3.05, 3.63) is 23.0 Å². The van der Waals surface area contributed by atoms with E-state index in [1.807, 2.05) is 0 Å². The average Bonchev–Trinajstić information content (AvgIpc) is 2.15. The zero-order chi connectivity index (χ0) is 13.2. The second-order valence-corrected chi connectivity index (χ2v) is 3.97. The van der Waals surface area contributed by atoms with Crippen LogP contribution in [-0.2, 0) is 4.79 Å². The second kappa shape index (κ2) is 5.03. The summed E-state index contributed by atoms with van der Waals surface area (Å²) in [5, 5.41) is 18.6. The molecule has 94 valence electrons. The van der Waals surface area contributed by atoms with Gasteiger partial charge in [0, 0.05) is 5.56 Å². The van der Waals surface area contributed by atoms with E-state index in [0.717, 1.165) is 0 Å². The molecule has 17 heavy (non-hydrogen) atoms. The quantitative estimate of drug-likeness (QED) is 0.850. The van der Waals surface area contributed by atoms with Crippen LogP contribution in [0.3, 0.4) is 0 Å². The van der Waals surface area contributed by atoms with Crippen molar-refractivity contribution >= 4 is 5.97 Å². The molecule has 1 atom stereocenters. The van der Waals surface area contributed by atoms with Gasteiger partial charge in [-0.05, 0) is 24.5 Å². The number of rotatable bonds is 4. The van der Waals surface area contributed by atoms with Gasteiger partial charge < -0.3 is 14.9 Å². The molecular weight excluding hydrogens is 227 g/mol. The molecule has 0 bridgehead atoms. The van der Waals surface area contributed by atoms with E-state index in [0.29, 0.717) is 11.1 Å². The summed E-state index contributed by atoms with van der Waals surface area (Å²) < 4.78 is 18.2. The lowest BCUT2D eigenvalue weighted by atomic mass is 9.92. The number of hydrogen-bond acceptors (Lipinski definition) is 3. The lowest BCUT2D eigenvalue weighted by molar-refractivity contribution is -0.137. The Morgan fingerprint density at radius 3 is 2.65 bits per heavy atom. The summed E-state index contributed by atoms with van der Waals surface area (Å²) in [6, 6.07) is 1.23. The first-order valence-corrected chi connectivity index (χ1v) is 5.16. The number of phenols is 1. The molecule has 0 aromatic heterocycles. The van der Waals surface area contributed by atoms with Crippen LogP contribution in [-0.4, -0.2) is 23.3 Å². The van der Waals surface area contributed by atoms with Crippen molar-refractivity contribution in [3.8, 4) is 11.5 Å². The van der Waals surface area contributed by atoms with E-state index in [4.69, 9.17) is 9.84 Å². The number of aromatic hydroxyl groups is 1. The highest BCUT2D eigenvalue weighted by atomic mass is 19.1. The van der Waals surface area contributed by atoms with Gasteiger partial charge in [-0.25, -0.2) is 4.39 Å². The van der Waals surface area contributed by atoms with E-state index in [1.165, 1.54) is 13.2 Å². The molecule has 1 aromatic rings. The Hall–Kier alpha value is -1.78. The molecule has 0 aliphatic heterocycles. The predicted octanol–water partition coefficient (Wildman–Crippen LogP) is 2.43. The molecule has 0 saturated carbocycles. The highest BCUT2D eigenvalue weighted by molar-refractivity contribution is 5.68. The fraction of sp³-hybridized carbons (Fsp3) is 0.417. The summed E-state index contributed by atoms with van der Waals surface area (Å²) in [7, 11) is 1.25. The van der Waals surface area contributed by atoms with Gasteiger partial charge in [-0.15, -0.1) is 0 Å². The maximum absolute atomic E-state index is 13.4. The molecule has 5 heteroatoms. The van der Waals surface area contributed by atoms with Gasteiger partial charge in [0.2, 0.25) is 0 Å². The summed E-state index contributed by atoms with van der Waals surface area (Å²) in [4.78, 5) is 10.6. The second-order valence-electron chi connectivity index (χ2n) is 3.97. The van der Waals surface area contributed by atoms with Crippen molar-refractivity contribution in [2.45, 2.75) is 26.2 Å². The van der Waals surface area contributed by atoms with Crippen molar-refractivity contribution in [1.29, 1.82) is 0 Å². The van der Waals surface area contributed by atoms with Crippen LogP contribution >= 0.6 is 0 Å². The molecule has 1 aromatic carbocycles. The van der Waals surface area contributed by atoms with E-state index in [-0.39, 0.29) is 17.9 Å². The maximum atomic E-state index is 13.4. The smallest absolute Gasteiger partial charge is 0.303 e. The molecule has 0 spiro atoms. The van der Waals surface area contributed by atoms with Crippen LogP contribution in [0.5, 0.6) is 11.5 Å². The van der Waals surface area contributed by atoms with E-state index in [1.54, 1.807) is 13.8 Å². The summed E-state index contributed by atoms with van der Waals surface area (Å²) >= 11 is 0. The minimum absolute atomic E-state index is 0.136. The average molecular weight is 242 g/mol. The first-order chi connectivity index (χ1) is 7.88. The Morgan fingerprint density at radius 2 is 2.18 bits per heavy atom. The molecular formula is C12H15FO4. The maximum Gasteiger partial charge on any atom is 0.303 e. The molecule has 0 aliphatic carbocycles. The summed E-state index contributed by atoms with van der Waals surface area (Å²) in [5.74, 6) is -2.61. The first-order valence-electron chi connectivity index (χ1n) is 5.16. The molecule has 1 rings (SSSR count). The van der Waals surface area contributed by atoms with Gasteiger partial charge in [0.1, 0.15) is 0 Å². The first kappa shape index (κ1) is 13.3. The number of methoxy groups -OCH3 is 1. The van der Waals surface area contributed by atoms with Crippen molar-refractivity contribution in [3.63, 3.8) is 0 Å². The summed E-state index contributed by atoms with van der Waals surface area (Å²) in [6.07, 6.45) is -0.136. The Morgan fingerprint density at radius 1 is 1.59 bits per heavy atom. The third kappa shape index (κ3) is 2.67. The SMILES string of the molecule is COc1c(F)cc(C)c(C(C)CC(=O)O)c1O. The van der Waals surface area contributed by atoms with Crippen molar-refractivity contribution < 1.29 is 24.1 Å². The van der Waals surface area contributed by atoms with Crippen molar-refractivity contribution in [2.24, 2.45) is 0 Å². The molecule has 0 amide bonds. The van der Waals surface area contributed by atoms with E-state index >= 15 is 0 Å². The third-order valence-corrected chi connectivity index (χ3v) is 2.63. The number of aryl methyl sites for hydroxylation is 1. The molecule has 4 nitrogen and oxygen atoms in total. The van der Waals surface area contributed by atoms with Crippen molar-refractivity contribution in [2.75, 3.05) is 7.11 Å². The molecule has 0 radical (unpaired) electrons. The number of phenolic OH excluding ortho intramolecular Hbond substituents is 1. The summed E-state index contributed by atoms with van der Waals surface area (Å²) in [5.41, 5.74) is 0.917. The standard InChI is InChI=1S/C12H15FO4/c1-6-4-8(13)12(17-3)11(16)10(6)7(2)5-9(14)15/h4,7,16H,5H2,1-3H3,(H,14,15). The van der Waals surface area contributed by atoms with Gasteiger partial charge in [-0.1, -0.05) is 6.92 Å². The van der Waals surface area contributed by atoms with Crippen LogP contribution in [0.1, 0.15) is 30.4 Å². The number of halogens is 1. The Kier molecular flexibility index (Phi) is 3.93. The van der Waals surface area contributed by atoms with Gasteiger partial charge >= 0.3 is 5.97 Å². The van der Waals surface area contributed by atoms with E-state index in [9.17, 15) is 14.3 Å². The summed E-state index contributed by atoms with van der Waals surface area (Å²) in [6.45, 7) is 3.28. The van der Waals surface area contributed by atoms with Crippen LogP contribution in [0, 0.1) is 12.7 Å². The zero-order valence-corrected chi connectivity index (χ0v) is 9.95. The van der Waals surface area contributed by atoms with Crippen LogP contribution in [0.25, 0.3) is 0 Å². The van der Waals surface area contributed by atoms with Gasteiger partial charge in [0.15, 0.2) is 17.3 Å². The fourth-order valence-corrected chi connectivity index (χ4v) is 1.94. The molecule has 0 saturated heterocycles. The molecule has 1 unspecified atom stereocenters. The normalized spacial score (nSPS) is 12.2. The fourth-order valence-electron chi connectivity index (χ4n) is 1.94. The van der Waals surface area contributed by atoms with E-state index < -0.39 is 17.7 Å².